The molecule has 0 radical (unpaired) electrons. The molecule has 0 aliphatic rings. The molecule has 0 atom stereocenters. The number of halogens is 2. The van der Waals surface area contributed by atoms with Crippen molar-refractivity contribution in [3.63, 3.8) is 0 Å². The zero-order chi connectivity index (χ0) is 27.1. The van der Waals surface area contributed by atoms with Gasteiger partial charge in [-0.1, -0.05) is 41.4 Å². The molecular formula is C27H25Cl2N3O4S2. The second kappa shape index (κ2) is 13.3. The van der Waals surface area contributed by atoms with Crippen molar-refractivity contribution in [2.75, 3.05) is 18.2 Å². The largest absolute Gasteiger partial charge is 0.497 e. The van der Waals surface area contributed by atoms with Crippen LogP contribution >= 0.6 is 46.3 Å². The van der Waals surface area contributed by atoms with Crippen molar-refractivity contribution in [1.82, 2.24) is 9.55 Å². The average molecular weight is 591 g/mol. The minimum atomic E-state index is -0.136. The van der Waals surface area contributed by atoms with Crippen molar-refractivity contribution in [1.29, 1.82) is 0 Å². The number of rotatable bonds is 12. The fourth-order valence-electron chi connectivity index (χ4n) is 3.74. The molecule has 0 fully saturated rings. The maximum atomic E-state index is 13.2. The predicted molar refractivity (Wildman–Crippen MR) is 155 cm³/mol. The number of hydrogen-bond donors (Lipinski definition) is 1. The van der Waals surface area contributed by atoms with E-state index in [1.165, 1.54) is 23.1 Å². The normalized spacial score (nSPS) is 11.0. The van der Waals surface area contributed by atoms with Crippen LogP contribution < -0.4 is 15.6 Å². The summed E-state index contributed by atoms with van der Waals surface area (Å²) in [5, 5.41) is 5.90. The summed E-state index contributed by atoms with van der Waals surface area (Å²) in [6.45, 7) is 0.447. The minimum Gasteiger partial charge on any atom is -0.497 e. The van der Waals surface area contributed by atoms with Crippen LogP contribution in [0.15, 0.2) is 63.9 Å². The molecule has 0 unspecified atom stereocenters. The van der Waals surface area contributed by atoms with Crippen LogP contribution in [-0.4, -0.2) is 34.1 Å². The smallest absolute Gasteiger partial charge is 0.272 e. The minimum absolute atomic E-state index is 0.0638. The number of nitrogens with zero attached hydrogens (tertiary/aromatic N) is 2. The number of fused-ring (bicyclic) bond motifs is 1. The highest BCUT2D eigenvalue weighted by atomic mass is 35.5. The highest BCUT2D eigenvalue weighted by molar-refractivity contribution is 7.99. The number of benzene rings is 2. The third-order valence-corrected chi connectivity index (χ3v) is 8.37. The van der Waals surface area contributed by atoms with E-state index in [1.54, 1.807) is 60.2 Å². The van der Waals surface area contributed by atoms with Crippen molar-refractivity contribution < 1.29 is 14.3 Å². The molecule has 0 aliphatic heterocycles. The SMILES string of the molecule is COc1ccc(NC(=O)CCCCCn2c(SCC(=O)c3ccc(Cl)c(Cl)c3)nc3ccsc3c2=O)cc1. The molecule has 7 nitrogen and oxygen atoms in total. The quantitative estimate of drug-likeness (QED) is 0.0832. The molecule has 4 rings (SSSR count). The zero-order valence-electron chi connectivity index (χ0n) is 20.5. The third-order valence-electron chi connectivity index (χ3n) is 5.76. The molecule has 2 aromatic heterocycles. The molecule has 38 heavy (non-hydrogen) atoms. The van der Waals surface area contributed by atoms with Gasteiger partial charge in [0, 0.05) is 24.2 Å². The van der Waals surface area contributed by atoms with E-state index in [1.807, 2.05) is 5.38 Å². The first-order chi connectivity index (χ1) is 18.4. The van der Waals surface area contributed by atoms with Gasteiger partial charge in [0.2, 0.25) is 5.91 Å². The number of hydrogen-bond acceptors (Lipinski definition) is 7. The van der Waals surface area contributed by atoms with E-state index < -0.39 is 0 Å². The molecular weight excluding hydrogens is 565 g/mol. The lowest BCUT2D eigenvalue weighted by Crippen LogP contribution is -2.23. The van der Waals surface area contributed by atoms with Gasteiger partial charge in [-0.25, -0.2) is 4.98 Å². The Bertz CT molecular complexity index is 1500. The Labute approximate surface area is 238 Å². The number of anilines is 1. The lowest BCUT2D eigenvalue weighted by molar-refractivity contribution is -0.116. The first-order valence-corrected chi connectivity index (χ1v) is 14.5. The van der Waals surface area contributed by atoms with Gasteiger partial charge in [0.15, 0.2) is 10.9 Å². The summed E-state index contributed by atoms with van der Waals surface area (Å²) < 4.78 is 7.34. The Morgan fingerprint density at radius 2 is 1.84 bits per heavy atom. The van der Waals surface area contributed by atoms with Gasteiger partial charge >= 0.3 is 0 Å². The summed E-state index contributed by atoms with van der Waals surface area (Å²) in [4.78, 5) is 42.8. The molecule has 2 heterocycles. The summed E-state index contributed by atoms with van der Waals surface area (Å²) >= 11 is 14.6. The van der Waals surface area contributed by atoms with Crippen molar-refractivity contribution in [3.05, 3.63) is 79.9 Å². The van der Waals surface area contributed by atoms with Crippen molar-refractivity contribution in [2.45, 2.75) is 37.4 Å². The van der Waals surface area contributed by atoms with Crippen molar-refractivity contribution in [3.8, 4) is 5.75 Å². The molecule has 11 heteroatoms. The van der Waals surface area contributed by atoms with Crippen molar-refractivity contribution >= 4 is 73.9 Å². The molecule has 0 aliphatic carbocycles. The van der Waals surface area contributed by atoms with Gasteiger partial charge in [0.05, 0.1) is 28.4 Å². The van der Waals surface area contributed by atoms with Gasteiger partial charge in [0.25, 0.3) is 5.56 Å². The first kappa shape index (κ1) is 28.2. The van der Waals surface area contributed by atoms with Gasteiger partial charge in [-0.2, -0.15) is 0 Å². The Balaban J connectivity index is 1.34. The van der Waals surface area contributed by atoms with Crippen LogP contribution in [0.3, 0.4) is 0 Å². The van der Waals surface area contributed by atoms with Gasteiger partial charge in [-0.3, -0.25) is 19.0 Å². The van der Waals surface area contributed by atoms with E-state index >= 15 is 0 Å². The molecule has 0 spiro atoms. The summed E-state index contributed by atoms with van der Waals surface area (Å²) in [6, 6.07) is 13.7. The summed E-state index contributed by atoms with van der Waals surface area (Å²) in [6.07, 6.45) is 2.52. The summed E-state index contributed by atoms with van der Waals surface area (Å²) in [7, 11) is 1.59. The number of carbonyl (C=O) groups excluding carboxylic acids is 2. The molecule has 0 saturated carbocycles. The maximum absolute atomic E-state index is 13.2. The van der Waals surface area contributed by atoms with Crippen LogP contribution in [0.25, 0.3) is 10.2 Å². The van der Waals surface area contributed by atoms with Gasteiger partial charge in [0.1, 0.15) is 10.4 Å². The number of carbonyl (C=O) groups is 2. The van der Waals surface area contributed by atoms with E-state index in [9.17, 15) is 14.4 Å². The molecule has 2 aromatic carbocycles. The third kappa shape index (κ3) is 7.17. The maximum Gasteiger partial charge on any atom is 0.272 e. The average Bonchev–Trinajstić information content (AvgIpc) is 3.39. The molecule has 1 amide bonds. The number of unbranched alkanes of at least 4 members (excludes halogenated alkanes) is 2. The lowest BCUT2D eigenvalue weighted by Gasteiger charge is -2.12. The fourth-order valence-corrected chi connectivity index (χ4v) is 5.74. The van der Waals surface area contributed by atoms with E-state index in [2.05, 4.69) is 10.3 Å². The Hall–Kier alpha value is -2.85. The van der Waals surface area contributed by atoms with Crippen LogP contribution in [0.5, 0.6) is 5.75 Å². The molecule has 1 N–H and O–H groups in total. The van der Waals surface area contributed by atoms with Crippen LogP contribution in [0.1, 0.15) is 36.0 Å². The second-order valence-electron chi connectivity index (χ2n) is 8.41. The fraction of sp³-hybridized carbons (Fsp3) is 0.259. The van der Waals surface area contributed by atoms with Gasteiger partial charge in [-0.05, 0) is 66.8 Å². The lowest BCUT2D eigenvalue weighted by atomic mass is 10.1. The van der Waals surface area contributed by atoms with Crippen LogP contribution in [0.4, 0.5) is 5.69 Å². The molecule has 0 bridgehead atoms. The van der Waals surface area contributed by atoms with Gasteiger partial charge < -0.3 is 10.1 Å². The summed E-state index contributed by atoms with van der Waals surface area (Å²) in [5.41, 5.74) is 1.67. The van der Waals surface area contributed by atoms with E-state index in [0.29, 0.717) is 56.8 Å². The number of thioether (sulfide) groups is 1. The Morgan fingerprint density at radius 1 is 1.05 bits per heavy atom. The highest BCUT2D eigenvalue weighted by Crippen LogP contribution is 2.26. The number of aromatic nitrogens is 2. The number of ketones is 1. The van der Waals surface area contributed by atoms with Crippen LogP contribution in [-0.2, 0) is 11.3 Å². The number of amides is 1. The zero-order valence-corrected chi connectivity index (χ0v) is 23.7. The first-order valence-electron chi connectivity index (χ1n) is 11.9. The number of thiophene rings is 1. The van der Waals surface area contributed by atoms with E-state index in [-0.39, 0.29) is 23.0 Å². The monoisotopic (exact) mass is 589 g/mol. The predicted octanol–water partition coefficient (Wildman–Crippen LogP) is 6.95. The Kier molecular flexibility index (Phi) is 9.85. The van der Waals surface area contributed by atoms with E-state index in [0.717, 1.165) is 17.9 Å². The number of methoxy groups -OCH3 is 1. The highest BCUT2D eigenvalue weighted by Gasteiger charge is 2.16. The molecule has 198 valence electrons. The number of Topliss-reactive ketones (excluding diaryl/α,β-unsaturated/α-hetero) is 1. The number of nitrogens with one attached hydrogen (secondary N) is 1. The Morgan fingerprint density at radius 3 is 2.58 bits per heavy atom. The molecule has 4 aromatic rings. The number of ether oxygens (including phenoxy) is 1. The standard InChI is InChI=1S/C27H25Cl2N3O4S2/c1-36-19-9-7-18(8-10-19)30-24(34)5-3-2-4-13-32-26(35)25-22(12-14-37-25)31-27(32)38-16-23(33)17-6-11-20(28)21(29)15-17/h6-12,14-15H,2-5,13,16H2,1H3,(H,30,34). The molecule has 0 saturated heterocycles. The van der Waals surface area contributed by atoms with E-state index in [4.69, 9.17) is 27.9 Å². The second-order valence-corrected chi connectivity index (χ2v) is 11.1. The van der Waals surface area contributed by atoms with Crippen molar-refractivity contribution in [2.24, 2.45) is 0 Å². The topological polar surface area (TPSA) is 90.3 Å². The van der Waals surface area contributed by atoms with Crippen LogP contribution in [0.2, 0.25) is 10.0 Å². The van der Waals surface area contributed by atoms with Gasteiger partial charge in [-0.15, -0.1) is 11.3 Å². The van der Waals surface area contributed by atoms with Crippen LogP contribution in [0, 0.1) is 0 Å². The summed E-state index contributed by atoms with van der Waals surface area (Å²) in [5.74, 6) is 0.629.